The van der Waals surface area contributed by atoms with Gasteiger partial charge in [-0.2, -0.15) is 0 Å². The van der Waals surface area contributed by atoms with E-state index in [1.807, 2.05) is 42.5 Å². The maximum atomic E-state index is 12.5. The van der Waals surface area contributed by atoms with E-state index in [-0.39, 0.29) is 5.91 Å². The normalized spacial score (nSPS) is 10.6. The molecule has 0 aliphatic rings. The van der Waals surface area contributed by atoms with Crippen molar-refractivity contribution in [3.8, 4) is 5.75 Å². The van der Waals surface area contributed by atoms with Gasteiger partial charge in [0.1, 0.15) is 5.75 Å². The zero-order valence-corrected chi connectivity index (χ0v) is 18.7. The summed E-state index contributed by atoms with van der Waals surface area (Å²) in [5.41, 5.74) is 9.06. The van der Waals surface area contributed by atoms with Gasteiger partial charge < -0.3 is 20.7 Å². The lowest BCUT2D eigenvalue weighted by Gasteiger charge is -2.26. The molecule has 166 valence electrons. The third-order valence-corrected chi connectivity index (χ3v) is 5.16. The molecule has 2 amide bonds. The van der Waals surface area contributed by atoms with Crippen LogP contribution < -0.4 is 20.7 Å². The lowest BCUT2D eigenvalue weighted by molar-refractivity contribution is 0.0997. The summed E-state index contributed by atoms with van der Waals surface area (Å²) in [7, 11) is 1.59. The topological polar surface area (TPSA) is 84.7 Å². The summed E-state index contributed by atoms with van der Waals surface area (Å²) in [5, 5.41) is 2.92. The molecular weight excluding hydrogens is 402 g/mol. The summed E-state index contributed by atoms with van der Waals surface area (Å²) >= 11 is 0. The highest BCUT2D eigenvalue weighted by Gasteiger charge is 2.13. The number of primary amides is 1. The van der Waals surface area contributed by atoms with Gasteiger partial charge >= 0.3 is 0 Å². The molecule has 0 atom stereocenters. The Hall–Kier alpha value is -3.80. The van der Waals surface area contributed by atoms with E-state index in [0.29, 0.717) is 28.5 Å². The van der Waals surface area contributed by atoms with Gasteiger partial charge in [0, 0.05) is 34.7 Å². The number of hydrogen-bond acceptors (Lipinski definition) is 4. The minimum absolute atomic E-state index is 0.189. The van der Waals surface area contributed by atoms with Crippen LogP contribution >= 0.6 is 0 Å². The van der Waals surface area contributed by atoms with Crippen LogP contribution in [0.1, 0.15) is 41.0 Å². The van der Waals surface area contributed by atoms with Gasteiger partial charge in [0.05, 0.1) is 7.11 Å². The number of amides is 2. The standard InChI is InChI=1S/C26H29N3O3/c1-18(2)15-16-29(23-6-4-5-20(17-23)25(27)30)22-11-9-21(10-12-22)28-26(31)19-7-13-24(32-3)14-8-19/h4-14,17-18H,15-16H2,1-3H3,(H2,27,30)(H,28,31). The number of nitrogens with zero attached hydrogens (tertiary/aromatic N) is 1. The van der Waals surface area contributed by atoms with Crippen molar-refractivity contribution < 1.29 is 14.3 Å². The fourth-order valence-electron chi connectivity index (χ4n) is 3.29. The molecule has 0 unspecified atom stereocenters. The van der Waals surface area contributed by atoms with E-state index in [0.717, 1.165) is 24.3 Å². The van der Waals surface area contributed by atoms with E-state index in [1.165, 1.54) is 0 Å². The Labute approximate surface area is 189 Å². The molecule has 0 saturated carbocycles. The fraction of sp³-hybridized carbons (Fsp3) is 0.231. The van der Waals surface area contributed by atoms with Crippen molar-refractivity contribution in [2.45, 2.75) is 20.3 Å². The molecule has 0 spiro atoms. The number of hydrogen-bond donors (Lipinski definition) is 2. The van der Waals surface area contributed by atoms with Crippen LogP contribution in [0.5, 0.6) is 5.75 Å². The first kappa shape index (κ1) is 22.9. The SMILES string of the molecule is COc1ccc(C(=O)Nc2ccc(N(CCC(C)C)c3cccc(C(N)=O)c3)cc2)cc1. The summed E-state index contributed by atoms with van der Waals surface area (Å²) in [4.78, 5) is 26.3. The number of ether oxygens (including phenoxy) is 1. The third-order valence-electron chi connectivity index (χ3n) is 5.16. The Bertz CT molecular complexity index is 1060. The van der Waals surface area contributed by atoms with E-state index < -0.39 is 5.91 Å². The second kappa shape index (κ2) is 10.5. The number of nitrogens with two attached hydrogens (primary N) is 1. The van der Waals surface area contributed by atoms with Crippen LogP contribution in [0.3, 0.4) is 0 Å². The molecule has 32 heavy (non-hydrogen) atoms. The van der Waals surface area contributed by atoms with Crippen molar-refractivity contribution in [1.82, 2.24) is 0 Å². The van der Waals surface area contributed by atoms with E-state index in [9.17, 15) is 9.59 Å². The highest BCUT2D eigenvalue weighted by Crippen LogP contribution is 2.28. The van der Waals surface area contributed by atoms with Crippen LogP contribution in [0.2, 0.25) is 0 Å². The molecule has 3 aromatic carbocycles. The summed E-state index contributed by atoms with van der Waals surface area (Å²) in [6, 6.07) is 21.9. The lowest BCUT2D eigenvalue weighted by atomic mass is 10.1. The van der Waals surface area contributed by atoms with E-state index in [2.05, 4.69) is 24.1 Å². The molecular formula is C26H29N3O3. The van der Waals surface area contributed by atoms with Crippen LogP contribution in [-0.2, 0) is 0 Å². The van der Waals surface area contributed by atoms with Crippen molar-refractivity contribution in [3.63, 3.8) is 0 Å². The molecule has 3 aromatic rings. The van der Waals surface area contributed by atoms with Crippen molar-refractivity contribution in [3.05, 3.63) is 83.9 Å². The maximum Gasteiger partial charge on any atom is 0.255 e. The van der Waals surface area contributed by atoms with E-state index in [1.54, 1.807) is 37.4 Å². The molecule has 0 heterocycles. The highest BCUT2D eigenvalue weighted by atomic mass is 16.5. The van der Waals surface area contributed by atoms with Gasteiger partial charge in [-0.1, -0.05) is 19.9 Å². The number of carbonyl (C=O) groups excluding carboxylic acids is 2. The van der Waals surface area contributed by atoms with Gasteiger partial charge in [0.25, 0.3) is 5.91 Å². The molecule has 0 fully saturated rings. The van der Waals surface area contributed by atoms with Crippen molar-refractivity contribution in [2.24, 2.45) is 11.7 Å². The summed E-state index contributed by atoms with van der Waals surface area (Å²) in [5.74, 6) is 0.589. The molecule has 0 bridgehead atoms. The van der Waals surface area contributed by atoms with Gasteiger partial charge in [-0.05, 0) is 79.1 Å². The first-order chi connectivity index (χ1) is 15.4. The Morgan fingerprint density at radius 3 is 2.22 bits per heavy atom. The van der Waals surface area contributed by atoms with Crippen LogP contribution in [0.25, 0.3) is 0 Å². The molecule has 0 radical (unpaired) electrons. The number of methoxy groups -OCH3 is 1. The molecule has 3 N–H and O–H groups in total. The summed E-state index contributed by atoms with van der Waals surface area (Å²) in [6.45, 7) is 5.14. The average Bonchev–Trinajstić information content (AvgIpc) is 2.80. The zero-order valence-electron chi connectivity index (χ0n) is 18.7. The summed E-state index contributed by atoms with van der Waals surface area (Å²) in [6.07, 6.45) is 0.983. The Balaban J connectivity index is 1.79. The van der Waals surface area contributed by atoms with Crippen molar-refractivity contribution in [2.75, 3.05) is 23.9 Å². The number of rotatable bonds is 9. The van der Waals surface area contributed by atoms with Crippen LogP contribution in [0.15, 0.2) is 72.8 Å². The second-order valence-electron chi connectivity index (χ2n) is 7.98. The Kier molecular flexibility index (Phi) is 7.49. The molecule has 3 rings (SSSR count). The maximum absolute atomic E-state index is 12.5. The van der Waals surface area contributed by atoms with E-state index in [4.69, 9.17) is 10.5 Å². The largest absolute Gasteiger partial charge is 0.497 e. The number of carbonyl (C=O) groups is 2. The van der Waals surface area contributed by atoms with Gasteiger partial charge in [0.2, 0.25) is 5.91 Å². The minimum Gasteiger partial charge on any atom is -0.497 e. The molecule has 0 aliphatic heterocycles. The van der Waals surface area contributed by atoms with Gasteiger partial charge in [-0.3, -0.25) is 9.59 Å². The Morgan fingerprint density at radius 2 is 1.62 bits per heavy atom. The van der Waals surface area contributed by atoms with Crippen molar-refractivity contribution >= 4 is 28.9 Å². The molecule has 6 heteroatoms. The molecule has 0 aliphatic carbocycles. The van der Waals surface area contributed by atoms with Gasteiger partial charge in [-0.15, -0.1) is 0 Å². The average molecular weight is 432 g/mol. The smallest absolute Gasteiger partial charge is 0.255 e. The molecule has 6 nitrogen and oxygen atoms in total. The first-order valence-corrected chi connectivity index (χ1v) is 10.6. The number of benzene rings is 3. The molecule has 0 aromatic heterocycles. The highest BCUT2D eigenvalue weighted by molar-refractivity contribution is 6.04. The minimum atomic E-state index is -0.452. The first-order valence-electron chi connectivity index (χ1n) is 10.6. The van der Waals surface area contributed by atoms with E-state index >= 15 is 0 Å². The predicted molar refractivity (Wildman–Crippen MR) is 129 cm³/mol. The van der Waals surface area contributed by atoms with Gasteiger partial charge in [-0.25, -0.2) is 0 Å². The number of nitrogens with one attached hydrogen (secondary N) is 1. The van der Waals surface area contributed by atoms with Gasteiger partial charge in [0.15, 0.2) is 0 Å². The van der Waals surface area contributed by atoms with Crippen LogP contribution in [-0.4, -0.2) is 25.5 Å². The zero-order chi connectivity index (χ0) is 23.1. The third kappa shape index (κ3) is 5.88. The Morgan fingerprint density at radius 1 is 0.938 bits per heavy atom. The lowest BCUT2D eigenvalue weighted by Crippen LogP contribution is -2.21. The fourth-order valence-corrected chi connectivity index (χ4v) is 3.29. The predicted octanol–water partition coefficient (Wildman–Crippen LogP) is 5.23. The van der Waals surface area contributed by atoms with Crippen LogP contribution in [0, 0.1) is 5.92 Å². The van der Waals surface area contributed by atoms with Crippen LogP contribution in [0.4, 0.5) is 17.1 Å². The van der Waals surface area contributed by atoms with Crippen molar-refractivity contribution in [1.29, 1.82) is 0 Å². The number of anilines is 3. The quantitative estimate of drug-likeness (QED) is 0.486. The monoisotopic (exact) mass is 431 g/mol. The summed E-state index contributed by atoms with van der Waals surface area (Å²) < 4.78 is 5.13. The molecule has 0 saturated heterocycles. The second-order valence-corrected chi connectivity index (χ2v) is 7.98.